The Hall–Kier alpha value is -3.16. The van der Waals surface area contributed by atoms with Gasteiger partial charge in [-0.3, -0.25) is 9.78 Å². The van der Waals surface area contributed by atoms with E-state index in [1.54, 1.807) is 0 Å². The first-order valence-electron chi connectivity index (χ1n) is 10.2. The highest BCUT2D eigenvalue weighted by molar-refractivity contribution is 7.09. The molecule has 2 aromatic heterocycles. The fourth-order valence-corrected chi connectivity index (χ4v) is 4.58. The summed E-state index contributed by atoms with van der Waals surface area (Å²) in [5, 5.41) is 20.4. The first-order valence-corrected chi connectivity index (χ1v) is 11.0. The van der Waals surface area contributed by atoms with Crippen molar-refractivity contribution in [1.29, 1.82) is 0 Å². The van der Waals surface area contributed by atoms with Crippen LogP contribution in [0.1, 0.15) is 39.9 Å². The zero-order chi connectivity index (χ0) is 22.0. The monoisotopic (exact) mass is 435 g/mol. The van der Waals surface area contributed by atoms with Gasteiger partial charge >= 0.3 is 4.87 Å². The number of benzene rings is 2. The van der Waals surface area contributed by atoms with Gasteiger partial charge in [0.1, 0.15) is 5.82 Å². The number of rotatable bonds is 7. The number of hydrogen-bond acceptors (Lipinski definition) is 5. The number of aromatic amines is 1. The maximum Gasteiger partial charge on any atom is 0.307 e. The Bertz CT molecular complexity index is 1220. The summed E-state index contributed by atoms with van der Waals surface area (Å²) in [6, 6.07) is 17.7. The maximum absolute atomic E-state index is 11.3. The van der Waals surface area contributed by atoms with E-state index in [1.165, 1.54) is 0 Å². The minimum absolute atomic E-state index is 0.0690. The van der Waals surface area contributed by atoms with Crippen LogP contribution in [0.15, 0.2) is 59.4 Å². The van der Waals surface area contributed by atoms with Crippen LogP contribution in [0, 0.1) is 6.92 Å². The van der Waals surface area contributed by atoms with Crippen molar-refractivity contribution >= 4 is 11.3 Å². The van der Waals surface area contributed by atoms with Crippen molar-refractivity contribution in [1.82, 2.24) is 14.5 Å². The third kappa shape index (κ3) is 4.62. The number of nitrogens with one attached hydrogen (secondary N) is 1. The number of nitrogens with zero attached hydrogens (tertiary/aromatic N) is 2. The van der Waals surface area contributed by atoms with Gasteiger partial charge in [-0.15, -0.1) is 0 Å². The molecule has 0 amide bonds. The van der Waals surface area contributed by atoms with Gasteiger partial charge in [-0.2, -0.15) is 0 Å². The summed E-state index contributed by atoms with van der Waals surface area (Å²) in [5.41, 5.74) is 4.99. The second-order valence-electron chi connectivity index (χ2n) is 7.65. The molecule has 4 aromatic rings. The SMILES string of the molecule is Cc1nc(-c2ccccc2)n(C)c1CCC(O)c1ccc(Cc2sc(=O)[nH]c2O)cc1. The molecule has 1 atom stereocenters. The zero-order valence-electron chi connectivity index (χ0n) is 17.5. The van der Waals surface area contributed by atoms with Gasteiger partial charge in [0.15, 0.2) is 0 Å². The molecule has 3 N–H and O–H groups in total. The fourth-order valence-electron chi connectivity index (χ4n) is 3.82. The Labute approximate surface area is 184 Å². The topological polar surface area (TPSA) is 91.1 Å². The highest BCUT2D eigenvalue weighted by Crippen LogP contribution is 2.26. The van der Waals surface area contributed by atoms with Crippen molar-refractivity contribution in [3.63, 3.8) is 0 Å². The largest absolute Gasteiger partial charge is 0.494 e. The lowest BCUT2D eigenvalue weighted by Gasteiger charge is -2.13. The van der Waals surface area contributed by atoms with Gasteiger partial charge in [-0.1, -0.05) is 65.9 Å². The standard InChI is InChI=1S/C24H25N3O3S/c1-15-19(27(2)22(25-15)18-6-4-3-5-7-18)12-13-20(28)17-10-8-16(9-11-17)14-21-23(29)26-24(30)31-21/h3-11,20,28-29H,12-14H2,1-2H3,(H,26,30). The van der Waals surface area contributed by atoms with Gasteiger partial charge in [-0.25, -0.2) is 4.98 Å². The highest BCUT2D eigenvalue weighted by atomic mass is 32.1. The molecule has 4 rings (SSSR count). The molecular weight excluding hydrogens is 410 g/mol. The van der Waals surface area contributed by atoms with Crippen molar-refractivity contribution in [3.8, 4) is 17.3 Å². The summed E-state index contributed by atoms with van der Waals surface area (Å²) >= 11 is 1.01. The molecule has 0 aliphatic heterocycles. The third-order valence-electron chi connectivity index (χ3n) is 5.53. The van der Waals surface area contributed by atoms with Gasteiger partial charge in [0.2, 0.25) is 5.88 Å². The Morgan fingerprint density at radius 2 is 1.84 bits per heavy atom. The quantitative estimate of drug-likeness (QED) is 0.407. The average molecular weight is 436 g/mol. The Balaban J connectivity index is 1.42. The molecule has 1 unspecified atom stereocenters. The first-order chi connectivity index (χ1) is 14.9. The molecule has 0 saturated heterocycles. The predicted octanol–water partition coefficient (Wildman–Crippen LogP) is 4.11. The van der Waals surface area contributed by atoms with Gasteiger partial charge in [0.25, 0.3) is 0 Å². The van der Waals surface area contributed by atoms with Crippen LogP contribution >= 0.6 is 11.3 Å². The second kappa shape index (κ2) is 8.91. The van der Waals surface area contributed by atoms with Crippen molar-refractivity contribution in [2.24, 2.45) is 7.05 Å². The van der Waals surface area contributed by atoms with Crippen LogP contribution in [0.2, 0.25) is 0 Å². The molecule has 160 valence electrons. The van der Waals surface area contributed by atoms with Crippen LogP contribution < -0.4 is 4.87 Å². The molecule has 0 bridgehead atoms. The lowest BCUT2D eigenvalue weighted by atomic mass is 10.0. The minimum atomic E-state index is -0.583. The van der Waals surface area contributed by atoms with E-state index in [4.69, 9.17) is 4.98 Å². The van der Waals surface area contributed by atoms with Crippen LogP contribution in [0.5, 0.6) is 5.88 Å². The number of aliphatic hydroxyl groups is 1. The van der Waals surface area contributed by atoms with E-state index in [-0.39, 0.29) is 10.8 Å². The van der Waals surface area contributed by atoms with E-state index in [0.29, 0.717) is 17.7 Å². The van der Waals surface area contributed by atoms with Crippen molar-refractivity contribution < 1.29 is 10.2 Å². The molecule has 0 radical (unpaired) electrons. The third-order valence-corrected chi connectivity index (χ3v) is 6.40. The minimum Gasteiger partial charge on any atom is -0.494 e. The van der Waals surface area contributed by atoms with E-state index in [1.807, 2.05) is 68.6 Å². The highest BCUT2D eigenvalue weighted by Gasteiger charge is 2.16. The Kier molecular flexibility index (Phi) is 6.06. The second-order valence-corrected chi connectivity index (χ2v) is 8.72. The van der Waals surface area contributed by atoms with Crippen LogP contribution in [0.25, 0.3) is 11.4 Å². The maximum atomic E-state index is 11.3. The molecule has 0 saturated carbocycles. The van der Waals surface area contributed by atoms with Gasteiger partial charge in [0.05, 0.1) is 16.7 Å². The summed E-state index contributed by atoms with van der Waals surface area (Å²) in [6.45, 7) is 2.01. The molecule has 6 nitrogen and oxygen atoms in total. The van der Waals surface area contributed by atoms with Crippen LogP contribution in [-0.2, 0) is 19.9 Å². The molecule has 31 heavy (non-hydrogen) atoms. The van der Waals surface area contributed by atoms with E-state index < -0.39 is 6.10 Å². The molecule has 0 spiro atoms. The Morgan fingerprint density at radius 1 is 1.13 bits per heavy atom. The number of imidazole rings is 1. The molecule has 2 heterocycles. The van der Waals surface area contributed by atoms with Crippen molar-refractivity contribution in [2.75, 3.05) is 0 Å². The number of aromatic nitrogens is 3. The summed E-state index contributed by atoms with van der Waals surface area (Å²) < 4.78 is 2.11. The number of hydrogen-bond donors (Lipinski definition) is 3. The molecule has 0 fully saturated rings. The van der Waals surface area contributed by atoms with Gasteiger partial charge in [0, 0.05) is 24.7 Å². The molecule has 0 aliphatic rings. The summed E-state index contributed by atoms with van der Waals surface area (Å²) in [4.78, 5) is 18.8. The average Bonchev–Trinajstić information content (AvgIpc) is 3.24. The zero-order valence-corrected chi connectivity index (χ0v) is 18.3. The van der Waals surface area contributed by atoms with Crippen LogP contribution in [0.3, 0.4) is 0 Å². The number of thiazole rings is 1. The summed E-state index contributed by atoms with van der Waals surface area (Å²) in [7, 11) is 2.02. The number of aromatic hydroxyl groups is 1. The van der Waals surface area contributed by atoms with Crippen molar-refractivity contribution in [3.05, 3.63) is 91.7 Å². The normalized spacial score (nSPS) is 12.2. The molecule has 2 aromatic carbocycles. The Morgan fingerprint density at radius 3 is 2.48 bits per heavy atom. The van der Waals surface area contributed by atoms with E-state index in [0.717, 1.165) is 51.7 Å². The number of aliphatic hydroxyl groups excluding tert-OH is 1. The molecule has 0 aliphatic carbocycles. The number of H-pyrrole nitrogens is 1. The van der Waals surface area contributed by atoms with E-state index >= 15 is 0 Å². The van der Waals surface area contributed by atoms with Crippen LogP contribution in [-0.4, -0.2) is 24.7 Å². The van der Waals surface area contributed by atoms with Gasteiger partial charge < -0.3 is 14.8 Å². The summed E-state index contributed by atoms with van der Waals surface area (Å²) in [5.74, 6) is 0.864. The lowest BCUT2D eigenvalue weighted by molar-refractivity contribution is 0.167. The van der Waals surface area contributed by atoms with Crippen molar-refractivity contribution in [2.45, 2.75) is 32.3 Å². The predicted molar refractivity (Wildman–Crippen MR) is 123 cm³/mol. The molecule has 7 heteroatoms. The number of aryl methyl sites for hydroxylation is 1. The lowest BCUT2D eigenvalue weighted by Crippen LogP contribution is -2.05. The fraction of sp³-hybridized carbons (Fsp3) is 0.250. The van der Waals surface area contributed by atoms with Gasteiger partial charge in [-0.05, 0) is 30.9 Å². The van der Waals surface area contributed by atoms with Crippen LogP contribution in [0.4, 0.5) is 0 Å². The smallest absolute Gasteiger partial charge is 0.307 e. The summed E-state index contributed by atoms with van der Waals surface area (Å²) in [6.07, 6.45) is 1.20. The first kappa shape index (κ1) is 21.1. The van der Waals surface area contributed by atoms with E-state index in [2.05, 4.69) is 9.55 Å². The van der Waals surface area contributed by atoms with E-state index in [9.17, 15) is 15.0 Å². The molecular formula is C24H25N3O3S.